The number of hydrogen-bond donors (Lipinski definition) is 9. The molecule has 9 aliphatic rings. The molecule has 0 aromatic heterocycles. The first-order chi connectivity index (χ1) is 21.5. The van der Waals surface area contributed by atoms with Crippen molar-refractivity contribution in [1.29, 1.82) is 0 Å². The minimum atomic E-state index is -3.69. The van der Waals surface area contributed by atoms with Crippen molar-refractivity contribution in [2.45, 2.75) is 152 Å². The van der Waals surface area contributed by atoms with Crippen LogP contribution in [0.5, 0.6) is 0 Å². The van der Waals surface area contributed by atoms with Gasteiger partial charge in [0, 0.05) is 0 Å². The van der Waals surface area contributed by atoms with Crippen LogP contribution in [-0.4, -0.2) is 53.4 Å². The van der Waals surface area contributed by atoms with E-state index in [-0.39, 0.29) is 0 Å². The molecule has 0 aromatic rings. The SMILES string of the molecule is C1CCC2C3NC(NC4NC(NC5NC(NC6NC(N3)C3CCCCC63)C3CCCCC53)C3CCCCC43)C2C1.[O]=[V](=[O])[OH]. The summed E-state index contributed by atoms with van der Waals surface area (Å²) in [5.74, 6) is 5.97. The van der Waals surface area contributed by atoms with E-state index in [2.05, 4.69) is 42.5 Å². The van der Waals surface area contributed by atoms with Gasteiger partial charge in [-0.05, 0) is 98.7 Å². The Morgan fingerprint density at radius 2 is 0.432 bits per heavy atom. The van der Waals surface area contributed by atoms with Crippen LogP contribution in [0.3, 0.4) is 0 Å². The first kappa shape index (κ1) is 31.1. The molecule has 8 bridgehead atoms. The predicted molar refractivity (Wildman–Crippen MR) is 161 cm³/mol. The minimum absolute atomic E-state index is 0.420. The molecular formula is C32H57N8O3V. The quantitative estimate of drug-likeness (QED) is 0.189. The number of nitrogens with one attached hydrogen (secondary N) is 8. The molecule has 248 valence electrons. The fourth-order valence-corrected chi connectivity index (χ4v) is 12.0. The second-order valence-electron chi connectivity index (χ2n) is 15.8. The molecule has 8 atom stereocenters. The van der Waals surface area contributed by atoms with E-state index >= 15 is 0 Å². The van der Waals surface area contributed by atoms with E-state index in [1.165, 1.54) is 103 Å². The monoisotopic (exact) mass is 652 g/mol. The Bertz CT molecular complexity index is 868. The Morgan fingerprint density at radius 3 is 0.545 bits per heavy atom. The van der Waals surface area contributed by atoms with Crippen LogP contribution in [0.25, 0.3) is 0 Å². The van der Waals surface area contributed by atoms with Crippen molar-refractivity contribution in [3.05, 3.63) is 0 Å². The Balaban J connectivity index is 0.000000684. The average molecular weight is 653 g/mol. The van der Waals surface area contributed by atoms with Gasteiger partial charge in [0.15, 0.2) is 0 Å². The summed E-state index contributed by atoms with van der Waals surface area (Å²) in [4.78, 5) is 0. The molecule has 0 aromatic carbocycles. The summed E-state index contributed by atoms with van der Waals surface area (Å²) >= 11 is -3.69. The van der Waals surface area contributed by atoms with Crippen molar-refractivity contribution < 1.29 is 26.8 Å². The third-order valence-corrected chi connectivity index (χ3v) is 13.8. The molecule has 0 radical (unpaired) electrons. The maximum absolute atomic E-state index is 8.67. The molecule has 5 saturated heterocycles. The van der Waals surface area contributed by atoms with Gasteiger partial charge in [-0.3, -0.25) is 42.5 Å². The average Bonchev–Trinajstić information content (AvgIpc) is 3.76. The van der Waals surface area contributed by atoms with Gasteiger partial charge in [-0.25, -0.2) is 0 Å². The Hall–Kier alpha value is -0.176. The summed E-state index contributed by atoms with van der Waals surface area (Å²) in [6, 6.07) is 0. The van der Waals surface area contributed by atoms with Crippen LogP contribution in [0.4, 0.5) is 0 Å². The van der Waals surface area contributed by atoms with E-state index in [0.717, 1.165) is 47.3 Å². The van der Waals surface area contributed by atoms with Crippen molar-refractivity contribution in [2.75, 3.05) is 0 Å². The van der Waals surface area contributed by atoms with E-state index in [4.69, 9.17) is 11.4 Å². The van der Waals surface area contributed by atoms with E-state index in [1.807, 2.05) is 0 Å². The zero-order valence-electron chi connectivity index (χ0n) is 26.3. The van der Waals surface area contributed by atoms with E-state index < -0.39 is 15.4 Å². The molecule has 4 saturated carbocycles. The summed E-state index contributed by atoms with van der Waals surface area (Å²) in [7, 11) is 0. The molecule has 0 amide bonds. The van der Waals surface area contributed by atoms with Crippen molar-refractivity contribution in [3.8, 4) is 0 Å². The van der Waals surface area contributed by atoms with Crippen LogP contribution < -0.4 is 42.5 Å². The molecule has 8 unspecified atom stereocenters. The van der Waals surface area contributed by atoms with Gasteiger partial charge < -0.3 is 0 Å². The summed E-state index contributed by atoms with van der Waals surface area (Å²) in [5.41, 5.74) is 0. The maximum atomic E-state index is 8.67. The predicted octanol–water partition coefficient (Wildman–Crippen LogP) is 1.81. The normalized spacial score (nSPS) is 52.9. The first-order valence-electron chi connectivity index (χ1n) is 18.4. The van der Waals surface area contributed by atoms with Crippen LogP contribution in [0, 0.1) is 47.3 Å². The van der Waals surface area contributed by atoms with Crippen LogP contribution in [0.15, 0.2) is 0 Å². The van der Waals surface area contributed by atoms with Gasteiger partial charge in [-0.1, -0.05) is 51.4 Å². The van der Waals surface area contributed by atoms with Gasteiger partial charge in [0.1, 0.15) is 0 Å². The molecule has 0 spiro atoms. The van der Waals surface area contributed by atoms with Crippen molar-refractivity contribution in [3.63, 3.8) is 0 Å². The second-order valence-corrected chi connectivity index (χ2v) is 16.6. The van der Waals surface area contributed by atoms with Crippen LogP contribution in [0.1, 0.15) is 103 Å². The first-order valence-corrected chi connectivity index (χ1v) is 20.2. The molecule has 9 rings (SSSR count). The summed E-state index contributed by atoms with van der Waals surface area (Å²) < 4.78 is 24.4. The number of rotatable bonds is 0. The second kappa shape index (κ2) is 13.4. The van der Waals surface area contributed by atoms with Crippen LogP contribution >= 0.6 is 0 Å². The van der Waals surface area contributed by atoms with E-state index in [0.29, 0.717) is 49.3 Å². The summed E-state index contributed by atoms with van der Waals surface area (Å²) in [6.45, 7) is 0. The molecule has 9 N–H and O–H groups in total. The van der Waals surface area contributed by atoms with E-state index in [1.54, 1.807) is 0 Å². The molecule has 4 aliphatic carbocycles. The molecule has 44 heavy (non-hydrogen) atoms. The Kier molecular flexibility index (Phi) is 9.46. The Labute approximate surface area is 268 Å². The summed E-state index contributed by atoms with van der Waals surface area (Å²) in [6.07, 6.45) is 25.6. The fraction of sp³-hybridized carbons (Fsp3) is 1.00. The number of fused-ring (bicyclic) bond motifs is 20. The van der Waals surface area contributed by atoms with Crippen molar-refractivity contribution >= 4 is 0 Å². The van der Waals surface area contributed by atoms with Crippen LogP contribution in [-0.2, 0) is 22.7 Å². The molecule has 5 heterocycles. The number of hydrogen-bond acceptors (Lipinski definition) is 10. The standard InChI is InChI=1S/C32H56N8.H2O.2O.V/c1-2-10-18-17(9-1)25-33-26(18)38-28-21-13-5-6-14-22(21)30(35-28)40-32-24-16-8-7-15-23(24)31(36-32)39-29-20-12-4-3-11-19(20)27(34-29)37-25;;;;/h17-40H,1-16H2;1H2;;;/q;;;;+1/p-1. The topological polar surface area (TPSA) is 151 Å². The van der Waals surface area contributed by atoms with Gasteiger partial charge in [0.25, 0.3) is 0 Å². The van der Waals surface area contributed by atoms with Gasteiger partial charge >= 0.3 is 26.8 Å². The van der Waals surface area contributed by atoms with Crippen LogP contribution in [0.2, 0.25) is 0 Å². The van der Waals surface area contributed by atoms with Crippen molar-refractivity contribution in [2.24, 2.45) is 47.3 Å². The molecule has 9 fully saturated rings. The third kappa shape index (κ3) is 6.00. The van der Waals surface area contributed by atoms with Gasteiger partial charge in [0.05, 0.1) is 49.3 Å². The molecule has 11 nitrogen and oxygen atoms in total. The molecule has 5 aliphatic heterocycles. The molecule has 12 heteroatoms. The zero-order valence-corrected chi connectivity index (χ0v) is 27.7. The third-order valence-electron chi connectivity index (χ3n) is 13.8. The van der Waals surface area contributed by atoms with Crippen molar-refractivity contribution in [1.82, 2.24) is 42.5 Å². The van der Waals surface area contributed by atoms with E-state index in [9.17, 15) is 0 Å². The van der Waals surface area contributed by atoms with Gasteiger partial charge in [0.2, 0.25) is 0 Å². The fourth-order valence-electron chi connectivity index (χ4n) is 12.0. The Morgan fingerprint density at radius 1 is 0.318 bits per heavy atom. The van der Waals surface area contributed by atoms with Gasteiger partial charge in [-0.2, -0.15) is 0 Å². The molecular weight excluding hydrogens is 595 g/mol. The summed E-state index contributed by atoms with van der Waals surface area (Å²) in [5, 5.41) is 33.8. The zero-order chi connectivity index (χ0) is 29.8. The van der Waals surface area contributed by atoms with Gasteiger partial charge in [-0.15, -0.1) is 0 Å².